The fourth-order valence-electron chi connectivity index (χ4n) is 2.81. The molecule has 21 heavy (non-hydrogen) atoms. The minimum atomic E-state index is -0.230. The Morgan fingerprint density at radius 1 is 1.29 bits per heavy atom. The van der Waals surface area contributed by atoms with Crippen molar-refractivity contribution in [2.75, 3.05) is 0 Å². The molecule has 0 spiro atoms. The number of fused-ring (bicyclic) bond motifs is 1. The molecule has 1 aliphatic carbocycles. The largest absolute Gasteiger partial charge is 0.393 e. The molecule has 2 aromatic rings. The zero-order chi connectivity index (χ0) is 14.8. The number of rotatable bonds is 2. The molecular formula is C16H17ClN2O2. The van der Waals surface area contributed by atoms with Crippen molar-refractivity contribution in [3.8, 4) is 0 Å². The minimum Gasteiger partial charge on any atom is -0.393 e. The zero-order valence-electron chi connectivity index (χ0n) is 11.6. The van der Waals surface area contributed by atoms with Crippen LogP contribution in [0.15, 0.2) is 30.5 Å². The molecule has 4 nitrogen and oxygen atoms in total. The normalized spacial score (nSPS) is 22.2. The first-order valence-corrected chi connectivity index (χ1v) is 7.54. The predicted octanol–water partition coefficient (Wildman–Crippen LogP) is 2.92. The SMILES string of the molecule is O=C(NC1CCC(O)CC1)c1cc(Cl)cc2cccnc12. The van der Waals surface area contributed by atoms with Crippen molar-refractivity contribution in [3.63, 3.8) is 0 Å². The van der Waals surface area contributed by atoms with E-state index in [2.05, 4.69) is 10.3 Å². The molecule has 1 aromatic heterocycles. The summed E-state index contributed by atoms with van der Waals surface area (Å²) < 4.78 is 0. The number of amides is 1. The van der Waals surface area contributed by atoms with Crippen LogP contribution in [0.2, 0.25) is 5.02 Å². The molecule has 0 atom stereocenters. The van der Waals surface area contributed by atoms with E-state index >= 15 is 0 Å². The first kappa shape index (κ1) is 14.3. The van der Waals surface area contributed by atoms with E-state index in [0.29, 0.717) is 16.1 Å². The maximum Gasteiger partial charge on any atom is 0.253 e. The van der Waals surface area contributed by atoms with E-state index in [1.807, 2.05) is 12.1 Å². The summed E-state index contributed by atoms with van der Waals surface area (Å²) in [5.41, 5.74) is 1.17. The van der Waals surface area contributed by atoms with E-state index in [9.17, 15) is 9.90 Å². The van der Waals surface area contributed by atoms with E-state index in [0.717, 1.165) is 31.1 Å². The number of carbonyl (C=O) groups is 1. The third-order valence-electron chi connectivity index (χ3n) is 3.95. The number of nitrogens with one attached hydrogen (secondary N) is 1. The number of benzene rings is 1. The molecule has 0 radical (unpaired) electrons. The molecule has 1 aliphatic rings. The molecule has 0 bridgehead atoms. The van der Waals surface area contributed by atoms with Crippen LogP contribution in [0.3, 0.4) is 0 Å². The van der Waals surface area contributed by atoms with Gasteiger partial charge in [0.1, 0.15) is 0 Å². The highest BCUT2D eigenvalue weighted by Crippen LogP contribution is 2.23. The average molecular weight is 305 g/mol. The molecule has 1 saturated carbocycles. The van der Waals surface area contributed by atoms with Gasteiger partial charge in [-0.1, -0.05) is 17.7 Å². The number of nitrogens with zero attached hydrogens (tertiary/aromatic N) is 1. The third kappa shape index (κ3) is 3.17. The Morgan fingerprint density at radius 2 is 2.05 bits per heavy atom. The Morgan fingerprint density at radius 3 is 2.81 bits per heavy atom. The van der Waals surface area contributed by atoms with Crippen LogP contribution in [0, 0.1) is 0 Å². The summed E-state index contributed by atoms with van der Waals surface area (Å²) >= 11 is 6.09. The highest BCUT2D eigenvalue weighted by atomic mass is 35.5. The van der Waals surface area contributed by atoms with Crippen molar-refractivity contribution in [1.29, 1.82) is 0 Å². The Kier molecular flexibility index (Phi) is 4.08. The monoisotopic (exact) mass is 304 g/mol. The number of aliphatic hydroxyl groups is 1. The van der Waals surface area contributed by atoms with Crippen molar-refractivity contribution in [2.45, 2.75) is 37.8 Å². The predicted molar refractivity (Wildman–Crippen MR) is 82.5 cm³/mol. The van der Waals surface area contributed by atoms with Gasteiger partial charge in [0.2, 0.25) is 0 Å². The van der Waals surface area contributed by atoms with Gasteiger partial charge in [0.15, 0.2) is 0 Å². The van der Waals surface area contributed by atoms with Crippen LogP contribution < -0.4 is 5.32 Å². The van der Waals surface area contributed by atoms with Crippen molar-refractivity contribution in [2.24, 2.45) is 0 Å². The zero-order valence-corrected chi connectivity index (χ0v) is 12.3. The average Bonchev–Trinajstić information content (AvgIpc) is 2.48. The highest BCUT2D eigenvalue weighted by Gasteiger charge is 2.22. The maximum absolute atomic E-state index is 12.5. The molecule has 5 heteroatoms. The van der Waals surface area contributed by atoms with Crippen LogP contribution in [0.4, 0.5) is 0 Å². The van der Waals surface area contributed by atoms with Gasteiger partial charge in [-0.3, -0.25) is 9.78 Å². The topological polar surface area (TPSA) is 62.2 Å². The number of pyridine rings is 1. The van der Waals surface area contributed by atoms with Crippen LogP contribution in [-0.2, 0) is 0 Å². The van der Waals surface area contributed by atoms with Gasteiger partial charge < -0.3 is 10.4 Å². The number of carbonyl (C=O) groups excluding carboxylic acids is 1. The fraction of sp³-hybridized carbons (Fsp3) is 0.375. The summed E-state index contributed by atoms with van der Waals surface area (Å²) in [6.45, 7) is 0. The molecule has 0 aliphatic heterocycles. The molecule has 1 heterocycles. The molecule has 110 valence electrons. The van der Waals surface area contributed by atoms with Crippen LogP contribution in [0.25, 0.3) is 10.9 Å². The van der Waals surface area contributed by atoms with Crippen molar-refractivity contribution in [1.82, 2.24) is 10.3 Å². The molecule has 3 rings (SSSR count). The number of hydrogen-bond acceptors (Lipinski definition) is 3. The molecule has 1 amide bonds. The van der Waals surface area contributed by atoms with Gasteiger partial charge in [0.05, 0.1) is 17.2 Å². The quantitative estimate of drug-likeness (QED) is 0.896. The first-order valence-electron chi connectivity index (χ1n) is 7.16. The van der Waals surface area contributed by atoms with Gasteiger partial charge in [-0.15, -0.1) is 0 Å². The number of aromatic nitrogens is 1. The van der Waals surface area contributed by atoms with Crippen LogP contribution in [0.1, 0.15) is 36.0 Å². The van der Waals surface area contributed by atoms with Gasteiger partial charge in [-0.2, -0.15) is 0 Å². The first-order chi connectivity index (χ1) is 10.1. The number of aliphatic hydroxyl groups excluding tert-OH is 1. The molecule has 1 fully saturated rings. The molecular weight excluding hydrogens is 288 g/mol. The molecule has 0 saturated heterocycles. The van der Waals surface area contributed by atoms with E-state index < -0.39 is 0 Å². The molecule has 2 N–H and O–H groups in total. The van der Waals surface area contributed by atoms with Gasteiger partial charge in [-0.05, 0) is 43.9 Å². The van der Waals surface area contributed by atoms with Crippen molar-refractivity contribution in [3.05, 3.63) is 41.0 Å². The maximum atomic E-state index is 12.5. The second-order valence-corrected chi connectivity index (χ2v) is 5.94. The van der Waals surface area contributed by atoms with Crippen LogP contribution in [0.5, 0.6) is 0 Å². The highest BCUT2D eigenvalue weighted by molar-refractivity contribution is 6.32. The summed E-state index contributed by atoms with van der Waals surface area (Å²) in [6.07, 6.45) is 4.52. The lowest BCUT2D eigenvalue weighted by Crippen LogP contribution is -2.38. The second kappa shape index (κ2) is 6.00. The van der Waals surface area contributed by atoms with Gasteiger partial charge in [-0.25, -0.2) is 0 Å². The Balaban J connectivity index is 1.84. The standard InChI is InChI=1S/C16H17ClN2O2/c17-11-8-10-2-1-7-18-15(10)14(9-11)16(21)19-12-3-5-13(20)6-4-12/h1-2,7-9,12-13,20H,3-6H2,(H,19,21). The van der Waals surface area contributed by atoms with Gasteiger partial charge >= 0.3 is 0 Å². The lowest BCUT2D eigenvalue weighted by atomic mass is 9.93. The van der Waals surface area contributed by atoms with Gasteiger partial charge in [0, 0.05) is 22.6 Å². The Hall–Kier alpha value is -1.65. The molecule has 1 aromatic carbocycles. The summed E-state index contributed by atoms with van der Waals surface area (Å²) in [4.78, 5) is 16.8. The lowest BCUT2D eigenvalue weighted by molar-refractivity contribution is 0.0869. The van der Waals surface area contributed by atoms with E-state index in [1.165, 1.54) is 0 Å². The van der Waals surface area contributed by atoms with E-state index in [-0.39, 0.29) is 18.1 Å². The Bertz CT molecular complexity index is 666. The minimum absolute atomic E-state index is 0.110. The van der Waals surface area contributed by atoms with Crippen molar-refractivity contribution >= 4 is 28.4 Å². The smallest absolute Gasteiger partial charge is 0.253 e. The van der Waals surface area contributed by atoms with E-state index in [1.54, 1.807) is 18.3 Å². The fourth-order valence-corrected chi connectivity index (χ4v) is 3.04. The van der Waals surface area contributed by atoms with Crippen LogP contribution in [-0.4, -0.2) is 28.1 Å². The Labute approximate surface area is 128 Å². The summed E-state index contributed by atoms with van der Waals surface area (Å²) in [5.74, 6) is -0.150. The summed E-state index contributed by atoms with van der Waals surface area (Å²) in [5, 5.41) is 13.9. The van der Waals surface area contributed by atoms with Crippen LogP contribution >= 0.6 is 11.6 Å². The van der Waals surface area contributed by atoms with Crippen molar-refractivity contribution < 1.29 is 9.90 Å². The van der Waals surface area contributed by atoms with E-state index in [4.69, 9.17) is 11.6 Å². The number of hydrogen-bond donors (Lipinski definition) is 2. The summed E-state index contributed by atoms with van der Waals surface area (Å²) in [6, 6.07) is 7.28. The lowest BCUT2D eigenvalue weighted by Gasteiger charge is -2.26. The third-order valence-corrected chi connectivity index (χ3v) is 4.16. The summed E-state index contributed by atoms with van der Waals surface area (Å²) in [7, 11) is 0. The second-order valence-electron chi connectivity index (χ2n) is 5.51. The molecule has 0 unspecified atom stereocenters. The van der Waals surface area contributed by atoms with Gasteiger partial charge in [0.25, 0.3) is 5.91 Å². The number of halogens is 1.